The van der Waals surface area contributed by atoms with E-state index >= 15 is 0 Å². The predicted octanol–water partition coefficient (Wildman–Crippen LogP) is 1.55. The second-order valence-electron chi connectivity index (χ2n) is 4.24. The molecule has 0 spiro atoms. The maximum Gasteiger partial charge on any atom is 0.252 e. The summed E-state index contributed by atoms with van der Waals surface area (Å²) in [7, 11) is 0. The van der Waals surface area contributed by atoms with Crippen LogP contribution in [0.5, 0.6) is 0 Å². The summed E-state index contributed by atoms with van der Waals surface area (Å²) >= 11 is 0. The van der Waals surface area contributed by atoms with Gasteiger partial charge in [0.05, 0.1) is 6.42 Å². The van der Waals surface area contributed by atoms with Crippen molar-refractivity contribution >= 4 is 17.5 Å². The maximum absolute atomic E-state index is 11.9. The molecule has 17 heavy (non-hydrogen) atoms. The first-order valence-electron chi connectivity index (χ1n) is 5.79. The Morgan fingerprint density at radius 1 is 1.29 bits per heavy atom. The van der Waals surface area contributed by atoms with E-state index < -0.39 is 6.04 Å². The van der Waals surface area contributed by atoms with Crippen LogP contribution in [0.25, 0.3) is 0 Å². The number of carbonyl (C=O) groups is 2. The van der Waals surface area contributed by atoms with E-state index in [1.165, 1.54) is 10.5 Å². The van der Waals surface area contributed by atoms with Crippen molar-refractivity contribution in [2.24, 2.45) is 0 Å². The first kappa shape index (κ1) is 11.6. The van der Waals surface area contributed by atoms with Gasteiger partial charge in [0.1, 0.15) is 6.04 Å². The van der Waals surface area contributed by atoms with Crippen molar-refractivity contribution in [2.45, 2.75) is 26.3 Å². The molecule has 0 bridgehead atoms. The highest BCUT2D eigenvalue weighted by molar-refractivity contribution is 6.06. The van der Waals surface area contributed by atoms with Crippen LogP contribution in [0, 0.1) is 6.92 Å². The molecule has 0 unspecified atom stereocenters. The summed E-state index contributed by atoms with van der Waals surface area (Å²) in [5.74, 6) is -0.222. The van der Waals surface area contributed by atoms with Crippen molar-refractivity contribution < 1.29 is 9.59 Å². The first-order chi connectivity index (χ1) is 8.11. The zero-order valence-electron chi connectivity index (χ0n) is 10.1. The highest BCUT2D eigenvalue weighted by Gasteiger charge is 2.37. The standard InChI is InChI=1S/C13H16N2O2/c1-3-15-12(16)8-11(13(15)17)14-10-6-4-9(2)5-7-10/h4-7,11,14H,3,8H2,1-2H3/t11-/m1/s1. The molecule has 1 aromatic rings. The van der Waals surface area contributed by atoms with E-state index in [9.17, 15) is 9.59 Å². The van der Waals surface area contributed by atoms with Gasteiger partial charge in [-0.3, -0.25) is 14.5 Å². The third-order valence-electron chi connectivity index (χ3n) is 2.95. The SMILES string of the molecule is CCN1C(=O)C[C@@H](Nc2ccc(C)cc2)C1=O. The molecule has 4 nitrogen and oxygen atoms in total. The Balaban J connectivity index is 2.08. The lowest BCUT2D eigenvalue weighted by Crippen LogP contribution is -2.34. The monoisotopic (exact) mass is 232 g/mol. The van der Waals surface area contributed by atoms with Gasteiger partial charge in [-0.2, -0.15) is 0 Å². The Kier molecular flexibility index (Phi) is 3.13. The minimum absolute atomic E-state index is 0.0953. The molecule has 90 valence electrons. The normalized spacial score (nSPS) is 19.9. The number of nitrogens with zero attached hydrogens (tertiary/aromatic N) is 1. The predicted molar refractivity (Wildman–Crippen MR) is 65.6 cm³/mol. The van der Waals surface area contributed by atoms with Crippen LogP contribution in [0.15, 0.2) is 24.3 Å². The van der Waals surface area contributed by atoms with E-state index in [-0.39, 0.29) is 18.2 Å². The van der Waals surface area contributed by atoms with Crippen molar-refractivity contribution in [3.63, 3.8) is 0 Å². The number of likely N-dealkylation sites (tertiary alicyclic amines) is 1. The fraction of sp³-hybridized carbons (Fsp3) is 0.385. The van der Waals surface area contributed by atoms with Gasteiger partial charge in [-0.05, 0) is 26.0 Å². The van der Waals surface area contributed by atoms with Gasteiger partial charge in [0.2, 0.25) is 5.91 Å². The molecule has 2 rings (SSSR count). The van der Waals surface area contributed by atoms with Crippen molar-refractivity contribution in [1.82, 2.24) is 4.90 Å². The molecule has 0 saturated carbocycles. The number of hydrogen-bond donors (Lipinski definition) is 1. The first-order valence-corrected chi connectivity index (χ1v) is 5.79. The topological polar surface area (TPSA) is 49.4 Å². The van der Waals surface area contributed by atoms with Crippen LogP contribution in [-0.4, -0.2) is 29.3 Å². The highest BCUT2D eigenvalue weighted by Crippen LogP contribution is 2.18. The van der Waals surface area contributed by atoms with Crippen LogP contribution in [0.4, 0.5) is 5.69 Å². The minimum Gasteiger partial charge on any atom is -0.373 e. The van der Waals surface area contributed by atoms with Crippen molar-refractivity contribution in [3.8, 4) is 0 Å². The molecule has 1 fully saturated rings. The average molecular weight is 232 g/mol. The molecule has 1 aliphatic rings. The lowest BCUT2D eigenvalue weighted by molar-refractivity contribution is -0.138. The van der Waals surface area contributed by atoms with Crippen LogP contribution in [0.1, 0.15) is 18.9 Å². The Labute approximate surface area is 101 Å². The molecule has 1 atom stereocenters. The number of likely N-dealkylation sites (N-methyl/N-ethyl adjacent to an activating group) is 1. The van der Waals surface area contributed by atoms with E-state index in [0.29, 0.717) is 6.54 Å². The maximum atomic E-state index is 11.9. The Morgan fingerprint density at radius 2 is 1.94 bits per heavy atom. The van der Waals surface area contributed by atoms with E-state index in [2.05, 4.69) is 5.32 Å². The Bertz CT molecular complexity index is 439. The molecule has 4 heteroatoms. The van der Waals surface area contributed by atoms with Crippen LogP contribution < -0.4 is 5.32 Å². The summed E-state index contributed by atoms with van der Waals surface area (Å²) in [4.78, 5) is 24.7. The number of rotatable bonds is 3. The lowest BCUT2D eigenvalue weighted by atomic mass is 10.2. The molecule has 0 aromatic heterocycles. The number of carbonyl (C=O) groups excluding carboxylic acids is 2. The number of imide groups is 1. The quantitative estimate of drug-likeness (QED) is 0.804. The molecule has 0 aliphatic carbocycles. The molecule has 1 aromatic carbocycles. The summed E-state index contributed by atoms with van der Waals surface area (Å²) in [6.45, 7) is 4.26. The molecular weight excluding hydrogens is 216 g/mol. The molecule has 1 N–H and O–H groups in total. The van der Waals surface area contributed by atoms with Crippen molar-refractivity contribution in [2.75, 3.05) is 11.9 Å². The molecule has 0 radical (unpaired) electrons. The van der Waals surface area contributed by atoms with Crippen LogP contribution in [0.3, 0.4) is 0 Å². The van der Waals surface area contributed by atoms with Gasteiger partial charge < -0.3 is 5.32 Å². The van der Waals surface area contributed by atoms with Gasteiger partial charge in [0.15, 0.2) is 0 Å². The fourth-order valence-corrected chi connectivity index (χ4v) is 1.98. The van der Waals surface area contributed by atoms with Gasteiger partial charge in [-0.15, -0.1) is 0 Å². The Morgan fingerprint density at radius 3 is 2.47 bits per heavy atom. The number of hydrogen-bond acceptors (Lipinski definition) is 3. The molecule has 1 aliphatic heterocycles. The molecule has 1 saturated heterocycles. The third-order valence-corrected chi connectivity index (χ3v) is 2.95. The van der Waals surface area contributed by atoms with E-state index in [0.717, 1.165) is 5.69 Å². The average Bonchev–Trinajstić information content (AvgIpc) is 2.57. The summed E-state index contributed by atoms with van der Waals surface area (Å²) < 4.78 is 0. The van der Waals surface area contributed by atoms with Gasteiger partial charge in [-0.1, -0.05) is 17.7 Å². The van der Waals surface area contributed by atoms with Crippen LogP contribution in [0.2, 0.25) is 0 Å². The number of anilines is 1. The van der Waals surface area contributed by atoms with E-state index in [1.54, 1.807) is 0 Å². The molecule has 2 amide bonds. The smallest absolute Gasteiger partial charge is 0.252 e. The Hall–Kier alpha value is -1.84. The second-order valence-corrected chi connectivity index (χ2v) is 4.24. The van der Waals surface area contributed by atoms with Gasteiger partial charge in [-0.25, -0.2) is 0 Å². The summed E-state index contributed by atoms with van der Waals surface area (Å²) in [6, 6.07) is 7.37. The van der Waals surface area contributed by atoms with Gasteiger partial charge >= 0.3 is 0 Å². The highest BCUT2D eigenvalue weighted by atomic mass is 16.2. The van der Waals surface area contributed by atoms with E-state index in [4.69, 9.17) is 0 Å². The third kappa shape index (κ3) is 2.30. The van der Waals surface area contributed by atoms with Crippen molar-refractivity contribution in [3.05, 3.63) is 29.8 Å². The molecule has 1 heterocycles. The van der Waals surface area contributed by atoms with Crippen LogP contribution in [-0.2, 0) is 9.59 Å². The fourth-order valence-electron chi connectivity index (χ4n) is 1.98. The van der Waals surface area contributed by atoms with E-state index in [1.807, 2.05) is 38.1 Å². The zero-order valence-corrected chi connectivity index (χ0v) is 10.1. The van der Waals surface area contributed by atoms with Gasteiger partial charge in [0.25, 0.3) is 5.91 Å². The summed E-state index contributed by atoms with van der Waals surface area (Å²) in [5, 5.41) is 3.10. The summed E-state index contributed by atoms with van der Waals surface area (Å²) in [5.41, 5.74) is 2.04. The molecular formula is C13H16N2O2. The number of benzene rings is 1. The van der Waals surface area contributed by atoms with Crippen LogP contribution >= 0.6 is 0 Å². The number of nitrogens with one attached hydrogen (secondary N) is 1. The number of amides is 2. The lowest BCUT2D eigenvalue weighted by Gasteiger charge is -2.14. The number of aryl methyl sites for hydroxylation is 1. The van der Waals surface area contributed by atoms with Gasteiger partial charge in [0, 0.05) is 12.2 Å². The van der Waals surface area contributed by atoms with Crippen molar-refractivity contribution in [1.29, 1.82) is 0 Å². The largest absolute Gasteiger partial charge is 0.373 e. The second kappa shape index (κ2) is 4.57. The minimum atomic E-state index is -0.412. The summed E-state index contributed by atoms with van der Waals surface area (Å²) in [6.07, 6.45) is 0.251. The zero-order chi connectivity index (χ0) is 12.4.